The highest BCUT2D eigenvalue weighted by Crippen LogP contribution is 2.37. The number of rotatable bonds is 2. The van der Waals surface area contributed by atoms with Gasteiger partial charge in [0.2, 0.25) is 0 Å². The lowest BCUT2D eigenvalue weighted by molar-refractivity contribution is 0.436. The van der Waals surface area contributed by atoms with Crippen LogP contribution in [0.2, 0.25) is 0 Å². The predicted octanol–water partition coefficient (Wildman–Crippen LogP) is 2.94. The van der Waals surface area contributed by atoms with Gasteiger partial charge in [0.1, 0.15) is 0 Å². The molecule has 2 aromatic rings. The van der Waals surface area contributed by atoms with Crippen LogP contribution in [0.5, 0.6) is 0 Å². The molecule has 0 amide bonds. The summed E-state index contributed by atoms with van der Waals surface area (Å²) in [5.74, 6) is 0.602. The van der Waals surface area contributed by atoms with Crippen LogP contribution in [-0.4, -0.2) is 5.16 Å². The van der Waals surface area contributed by atoms with Gasteiger partial charge in [0.25, 0.3) is 0 Å². The Balaban J connectivity index is 2.06. The van der Waals surface area contributed by atoms with E-state index in [4.69, 9.17) is 10.3 Å². The molecule has 3 nitrogen and oxygen atoms in total. The van der Waals surface area contributed by atoms with E-state index < -0.39 is 0 Å². The van der Waals surface area contributed by atoms with Gasteiger partial charge in [0, 0.05) is 17.8 Å². The van der Waals surface area contributed by atoms with Gasteiger partial charge in [-0.15, -0.1) is 0 Å². The van der Waals surface area contributed by atoms with Crippen LogP contribution >= 0.6 is 0 Å². The second-order valence-electron chi connectivity index (χ2n) is 4.58. The third kappa shape index (κ3) is 1.52. The Kier molecular flexibility index (Phi) is 2.40. The van der Waals surface area contributed by atoms with Crippen LogP contribution in [0.1, 0.15) is 42.9 Å². The zero-order valence-corrected chi connectivity index (χ0v) is 9.28. The summed E-state index contributed by atoms with van der Waals surface area (Å²) in [5, 5.41) is 5.41. The number of hydrogen-bond donors (Lipinski definition) is 1. The van der Waals surface area contributed by atoms with Crippen molar-refractivity contribution in [2.24, 2.45) is 5.73 Å². The molecule has 84 valence electrons. The number of nitrogens with zero attached hydrogens (tertiary/aromatic N) is 1. The minimum atomic E-state index is 0.551. The molecule has 0 radical (unpaired) electrons. The largest absolute Gasteiger partial charge is 0.356 e. The first-order chi connectivity index (χ1) is 7.88. The molecule has 1 aromatic heterocycles. The molecule has 0 spiro atoms. The molecule has 1 saturated carbocycles. The van der Waals surface area contributed by atoms with Crippen LogP contribution in [0.15, 0.2) is 22.7 Å². The molecular weight excluding hydrogens is 200 g/mol. The lowest BCUT2D eigenvalue weighted by Gasteiger charge is -2.03. The van der Waals surface area contributed by atoms with Gasteiger partial charge in [0.15, 0.2) is 5.58 Å². The lowest BCUT2D eigenvalue weighted by atomic mass is 10.00. The first-order valence-electron chi connectivity index (χ1n) is 5.97. The van der Waals surface area contributed by atoms with Gasteiger partial charge >= 0.3 is 0 Å². The first-order valence-corrected chi connectivity index (χ1v) is 5.97. The molecule has 1 fully saturated rings. The van der Waals surface area contributed by atoms with Crippen molar-refractivity contribution >= 4 is 11.0 Å². The first kappa shape index (κ1) is 9.85. The number of hydrogen-bond acceptors (Lipinski definition) is 3. The van der Waals surface area contributed by atoms with E-state index in [0.717, 1.165) is 16.8 Å². The van der Waals surface area contributed by atoms with Gasteiger partial charge in [-0.3, -0.25) is 0 Å². The second-order valence-corrected chi connectivity index (χ2v) is 4.58. The molecule has 1 aliphatic rings. The summed E-state index contributed by atoms with van der Waals surface area (Å²) in [6.07, 6.45) is 5.14. The van der Waals surface area contributed by atoms with Crippen LogP contribution < -0.4 is 5.73 Å². The smallest absolute Gasteiger partial charge is 0.167 e. The van der Waals surface area contributed by atoms with E-state index in [1.165, 1.54) is 31.1 Å². The van der Waals surface area contributed by atoms with E-state index in [2.05, 4.69) is 17.3 Å². The van der Waals surface area contributed by atoms with Crippen molar-refractivity contribution in [3.63, 3.8) is 0 Å². The van der Waals surface area contributed by atoms with E-state index in [9.17, 15) is 0 Å². The number of benzene rings is 1. The zero-order valence-electron chi connectivity index (χ0n) is 9.28. The van der Waals surface area contributed by atoms with Gasteiger partial charge in [-0.1, -0.05) is 24.1 Å². The van der Waals surface area contributed by atoms with Crippen LogP contribution in [-0.2, 0) is 6.54 Å². The van der Waals surface area contributed by atoms with Gasteiger partial charge in [-0.2, -0.15) is 0 Å². The zero-order chi connectivity index (χ0) is 11.0. The van der Waals surface area contributed by atoms with Crippen molar-refractivity contribution in [2.45, 2.75) is 38.1 Å². The molecule has 0 bridgehead atoms. The van der Waals surface area contributed by atoms with E-state index in [0.29, 0.717) is 12.5 Å². The average molecular weight is 216 g/mol. The van der Waals surface area contributed by atoms with Crippen molar-refractivity contribution in [3.05, 3.63) is 29.5 Å². The SMILES string of the molecule is NCc1ccc2c(C3CCCC3)noc2c1. The molecule has 3 rings (SSSR count). The summed E-state index contributed by atoms with van der Waals surface area (Å²) in [7, 11) is 0. The Labute approximate surface area is 94.6 Å². The Hall–Kier alpha value is -1.35. The molecule has 2 N–H and O–H groups in total. The summed E-state index contributed by atoms with van der Waals surface area (Å²) in [6.45, 7) is 0.551. The van der Waals surface area contributed by atoms with Crippen molar-refractivity contribution < 1.29 is 4.52 Å². The Morgan fingerprint density at radius 2 is 2.12 bits per heavy atom. The minimum Gasteiger partial charge on any atom is -0.356 e. The molecule has 16 heavy (non-hydrogen) atoms. The molecular formula is C13H16N2O. The van der Waals surface area contributed by atoms with Gasteiger partial charge in [0.05, 0.1) is 5.69 Å². The highest BCUT2D eigenvalue weighted by molar-refractivity contribution is 5.80. The van der Waals surface area contributed by atoms with Gasteiger partial charge in [-0.05, 0) is 30.5 Å². The topological polar surface area (TPSA) is 52.0 Å². The highest BCUT2D eigenvalue weighted by atomic mass is 16.5. The monoisotopic (exact) mass is 216 g/mol. The normalized spacial score (nSPS) is 17.3. The summed E-state index contributed by atoms with van der Waals surface area (Å²) in [6, 6.07) is 6.17. The van der Waals surface area contributed by atoms with Crippen LogP contribution in [0.25, 0.3) is 11.0 Å². The third-order valence-corrected chi connectivity index (χ3v) is 3.54. The Morgan fingerprint density at radius 3 is 2.88 bits per heavy atom. The van der Waals surface area contributed by atoms with Crippen molar-refractivity contribution in [3.8, 4) is 0 Å². The van der Waals surface area contributed by atoms with Crippen LogP contribution in [0, 0.1) is 0 Å². The van der Waals surface area contributed by atoms with Gasteiger partial charge in [-0.25, -0.2) is 0 Å². The molecule has 0 atom stereocenters. The van der Waals surface area contributed by atoms with Crippen LogP contribution in [0.3, 0.4) is 0 Å². The van der Waals surface area contributed by atoms with E-state index >= 15 is 0 Å². The molecule has 1 aromatic carbocycles. The fourth-order valence-corrected chi connectivity index (χ4v) is 2.62. The van der Waals surface area contributed by atoms with E-state index in [1.807, 2.05) is 6.07 Å². The standard InChI is InChI=1S/C13H16N2O/c14-8-9-5-6-11-12(7-9)16-15-13(11)10-3-1-2-4-10/h5-7,10H,1-4,8,14H2. The molecule has 1 heterocycles. The third-order valence-electron chi connectivity index (χ3n) is 3.54. The fraction of sp³-hybridized carbons (Fsp3) is 0.462. The van der Waals surface area contributed by atoms with Crippen molar-refractivity contribution in [1.82, 2.24) is 5.16 Å². The second kappa shape index (κ2) is 3.91. The van der Waals surface area contributed by atoms with Crippen LogP contribution in [0.4, 0.5) is 0 Å². The average Bonchev–Trinajstić information content (AvgIpc) is 2.96. The number of fused-ring (bicyclic) bond motifs is 1. The summed E-state index contributed by atoms with van der Waals surface area (Å²) >= 11 is 0. The van der Waals surface area contributed by atoms with Crippen molar-refractivity contribution in [1.29, 1.82) is 0 Å². The number of aromatic nitrogens is 1. The van der Waals surface area contributed by atoms with Crippen molar-refractivity contribution in [2.75, 3.05) is 0 Å². The highest BCUT2D eigenvalue weighted by Gasteiger charge is 2.22. The number of nitrogens with two attached hydrogens (primary N) is 1. The quantitative estimate of drug-likeness (QED) is 0.839. The fourth-order valence-electron chi connectivity index (χ4n) is 2.62. The molecule has 0 aliphatic heterocycles. The van der Waals surface area contributed by atoms with E-state index in [-0.39, 0.29) is 0 Å². The molecule has 0 saturated heterocycles. The lowest BCUT2D eigenvalue weighted by Crippen LogP contribution is -1.95. The summed E-state index contributed by atoms with van der Waals surface area (Å²) in [4.78, 5) is 0. The van der Waals surface area contributed by atoms with E-state index in [1.54, 1.807) is 0 Å². The Bertz CT molecular complexity index is 498. The predicted molar refractivity (Wildman–Crippen MR) is 63.1 cm³/mol. The Morgan fingerprint density at radius 1 is 1.31 bits per heavy atom. The minimum absolute atomic E-state index is 0.551. The summed E-state index contributed by atoms with van der Waals surface area (Å²) < 4.78 is 5.40. The van der Waals surface area contributed by atoms with Gasteiger partial charge < -0.3 is 10.3 Å². The summed E-state index contributed by atoms with van der Waals surface area (Å²) in [5.41, 5.74) is 8.74. The maximum atomic E-state index is 5.61. The maximum Gasteiger partial charge on any atom is 0.167 e. The molecule has 1 aliphatic carbocycles. The maximum absolute atomic E-state index is 5.61. The molecule has 0 unspecified atom stereocenters. The molecule has 3 heteroatoms.